The van der Waals surface area contributed by atoms with Gasteiger partial charge in [-0.15, -0.1) is 11.3 Å². The van der Waals surface area contributed by atoms with E-state index in [9.17, 15) is 9.59 Å². The van der Waals surface area contributed by atoms with Crippen molar-refractivity contribution >= 4 is 40.8 Å². The lowest BCUT2D eigenvalue weighted by Gasteiger charge is -2.10. The van der Waals surface area contributed by atoms with E-state index in [0.717, 1.165) is 4.88 Å². The van der Waals surface area contributed by atoms with Gasteiger partial charge in [0.05, 0.1) is 6.61 Å². The van der Waals surface area contributed by atoms with Crippen LogP contribution in [0.3, 0.4) is 0 Å². The Morgan fingerprint density at radius 1 is 1.25 bits per heavy atom. The summed E-state index contributed by atoms with van der Waals surface area (Å²) < 4.78 is 4.91. The lowest BCUT2D eigenvalue weighted by atomic mass is 10.2. The molecule has 2 amide bonds. The predicted molar refractivity (Wildman–Crippen MR) is 96.1 cm³/mol. The van der Waals surface area contributed by atoms with Gasteiger partial charge in [0.2, 0.25) is 0 Å². The van der Waals surface area contributed by atoms with Crippen molar-refractivity contribution in [3.63, 3.8) is 0 Å². The maximum absolute atomic E-state index is 12.3. The van der Waals surface area contributed by atoms with Gasteiger partial charge in [0, 0.05) is 29.1 Å². The largest absolute Gasteiger partial charge is 0.383 e. The second-order valence-electron chi connectivity index (χ2n) is 4.78. The van der Waals surface area contributed by atoms with E-state index in [2.05, 4.69) is 10.6 Å². The molecular weight excluding hydrogens is 348 g/mol. The van der Waals surface area contributed by atoms with Crippen LogP contribution in [-0.4, -0.2) is 32.1 Å². The van der Waals surface area contributed by atoms with Crippen LogP contribution in [0.5, 0.6) is 0 Å². The molecule has 2 N–H and O–H groups in total. The molecule has 1 aromatic carbocycles. The zero-order valence-electron chi connectivity index (χ0n) is 13.0. The van der Waals surface area contributed by atoms with Crippen LogP contribution in [-0.2, 0) is 9.53 Å². The van der Waals surface area contributed by atoms with Gasteiger partial charge in [0.25, 0.3) is 11.8 Å². The highest BCUT2D eigenvalue weighted by atomic mass is 35.5. The molecule has 0 atom stereocenters. The van der Waals surface area contributed by atoms with E-state index in [4.69, 9.17) is 16.3 Å². The van der Waals surface area contributed by atoms with Gasteiger partial charge in [-0.3, -0.25) is 9.59 Å². The van der Waals surface area contributed by atoms with Crippen molar-refractivity contribution in [3.8, 4) is 0 Å². The summed E-state index contributed by atoms with van der Waals surface area (Å²) in [5, 5.41) is 7.79. The lowest BCUT2D eigenvalue weighted by Crippen LogP contribution is -2.36. The summed E-state index contributed by atoms with van der Waals surface area (Å²) in [7, 11) is 1.55. The quantitative estimate of drug-likeness (QED) is 0.586. The van der Waals surface area contributed by atoms with Crippen molar-refractivity contribution in [2.45, 2.75) is 0 Å². The van der Waals surface area contributed by atoms with E-state index in [0.29, 0.717) is 23.7 Å². The number of ether oxygens (including phenoxy) is 1. The molecule has 0 saturated carbocycles. The Morgan fingerprint density at radius 2 is 2.00 bits per heavy atom. The highest BCUT2D eigenvalue weighted by Gasteiger charge is 2.14. The number of hydrogen-bond acceptors (Lipinski definition) is 4. The van der Waals surface area contributed by atoms with Crippen molar-refractivity contribution in [1.82, 2.24) is 10.6 Å². The Balaban J connectivity index is 2.14. The third-order valence-corrected chi connectivity index (χ3v) is 4.09. The number of amides is 2. The smallest absolute Gasteiger partial charge is 0.267 e. The first kappa shape index (κ1) is 18.2. The number of carbonyl (C=O) groups excluding carboxylic acids is 2. The molecule has 24 heavy (non-hydrogen) atoms. The normalized spacial score (nSPS) is 11.2. The van der Waals surface area contributed by atoms with Crippen molar-refractivity contribution in [2.24, 2.45) is 0 Å². The number of rotatable bonds is 7. The molecule has 5 nitrogen and oxygen atoms in total. The van der Waals surface area contributed by atoms with Gasteiger partial charge in [-0.25, -0.2) is 0 Å². The van der Waals surface area contributed by atoms with Gasteiger partial charge < -0.3 is 15.4 Å². The third-order valence-electron chi connectivity index (χ3n) is 3.02. The van der Waals surface area contributed by atoms with Gasteiger partial charge in [-0.1, -0.05) is 17.7 Å². The van der Waals surface area contributed by atoms with E-state index in [1.165, 1.54) is 11.3 Å². The van der Waals surface area contributed by atoms with Gasteiger partial charge in [-0.2, -0.15) is 0 Å². The van der Waals surface area contributed by atoms with Crippen LogP contribution >= 0.6 is 22.9 Å². The van der Waals surface area contributed by atoms with E-state index < -0.39 is 0 Å². The Labute approximate surface area is 149 Å². The monoisotopic (exact) mass is 364 g/mol. The number of nitrogens with one attached hydrogen (secondary N) is 2. The Hall–Kier alpha value is -2.15. The summed E-state index contributed by atoms with van der Waals surface area (Å²) >= 11 is 7.29. The number of halogens is 1. The minimum absolute atomic E-state index is 0.175. The first-order chi connectivity index (χ1) is 11.6. The van der Waals surface area contributed by atoms with Gasteiger partial charge in [0.1, 0.15) is 5.70 Å². The van der Waals surface area contributed by atoms with Crippen molar-refractivity contribution in [3.05, 3.63) is 62.9 Å². The molecule has 1 heterocycles. The molecule has 0 saturated heterocycles. The first-order valence-corrected chi connectivity index (χ1v) is 8.45. The molecule has 126 valence electrons. The van der Waals surface area contributed by atoms with E-state index in [1.54, 1.807) is 37.5 Å². The Bertz CT molecular complexity index is 712. The fourth-order valence-electron chi connectivity index (χ4n) is 1.83. The Morgan fingerprint density at radius 3 is 2.62 bits per heavy atom. The number of methoxy groups -OCH3 is 1. The summed E-state index contributed by atoms with van der Waals surface area (Å²) in [5.74, 6) is -0.751. The molecule has 1 aromatic heterocycles. The summed E-state index contributed by atoms with van der Waals surface area (Å²) in [5.41, 5.74) is 0.592. The minimum atomic E-state index is -0.378. The van der Waals surface area contributed by atoms with Gasteiger partial charge in [0.15, 0.2) is 0 Å². The highest BCUT2D eigenvalue weighted by molar-refractivity contribution is 7.10. The number of carbonyl (C=O) groups is 2. The summed E-state index contributed by atoms with van der Waals surface area (Å²) in [4.78, 5) is 25.5. The number of hydrogen-bond donors (Lipinski definition) is 2. The minimum Gasteiger partial charge on any atom is -0.383 e. The molecular formula is C17H17ClN2O3S. The third kappa shape index (κ3) is 5.49. The summed E-state index contributed by atoms with van der Waals surface area (Å²) in [6.45, 7) is 0.747. The molecule has 0 aliphatic carbocycles. The van der Waals surface area contributed by atoms with Crippen LogP contribution in [0.15, 0.2) is 47.5 Å². The second kappa shape index (κ2) is 9.22. The predicted octanol–water partition coefficient (Wildman–Crippen LogP) is 2.94. The lowest BCUT2D eigenvalue weighted by molar-refractivity contribution is -0.117. The highest BCUT2D eigenvalue weighted by Crippen LogP contribution is 2.14. The molecule has 0 aliphatic rings. The molecule has 0 bridgehead atoms. The van der Waals surface area contributed by atoms with Gasteiger partial charge in [-0.05, 0) is 41.8 Å². The molecule has 2 rings (SSSR count). The van der Waals surface area contributed by atoms with Crippen LogP contribution in [0.4, 0.5) is 0 Å². The summed E-state index contributed by atoms with van der Waals surface area (Å²) in [6.07, 6.45) is 1.64. The molecule has 0 radical (unpaired) electrons. The Kier molecular flexibility index (Phi) is 6.99. The molecule has 7 heteroatoms. The summed E-state index contributed by atoms with van der Waals surface area (Å²) in [6, 6.07) is 10.2. The molecule has 0 aliphatic heterocycles. The fraction of sp³-hybridized carbons (Fsp3) is 0.176. The van der Waals surface area contributed by atoms with Crippen LogP contribution in [0.25, 0.3) is 6.08 Å². The fourth-order valence-corrected chi connectivity index (χ4v) is 2.61. The maximum atomic E-state index is 12.3. The van der Waals surface area contributed by atoms with Crippen LogP contribution in [0.2, 0.25) is 5.02 Å². The van der Waals surface area contributed by atoms with Crippen molar-refractivity contribution < 1.29 is 14.3 Å². The molecule has 0 spiro atoms. The van der Waals surface area contributed by atoms with Crippen LogP contribution in [0.1, 0.15) is 15.2 Å². The zero-order valence-corrected chi connectivity index (χ0v) is 14.6. The maximum Gasteiger partial charge on any atom is 0.267 e. The number of thiophene rings is 1. The molecule has 2 aromatic rings. The average Bonchev–Trinajstić information content (AvgIpc) is 3.08. The van der Waals surface area contributed by atoms with Crippen molar-refractivity contribution in [1.29, 1.82) is 0 Å². The van der Waals surface area contributed by atoms with Crippen molar-refractivity contribution in [2.75, 3.05) is 20.3 Å². The average molecular weight is 365 g/mol. The zero-order chi connectivity index (χ0) is 17.4. The van der Waals surface area contributed by atoms with E-state index in [1.807, 2.05) is 17.5 Å². The first-order valence-electron chi connectivity index (χ1n) is 7.19. The molecule has 0 fully saturated rings. The SMILES string of the molecule is COCCNC(=O)/C(=C\c1cccs1)NC(=O)c1ccc(Cl)cc1. The van der Waals surface area contributed by atoms with Crippen LogP contribution < -0.4 is 10.6 Å². The van der Waals surface area contributed by atoms with E-state index >= 15 is 0 Å². The standard InChI is InChI=1S/C17H17ClN2O3S/c1-23-9-8-19-17(22)15(11-14-3-2-10-24-14)20-16(21)12-4-6-13(18)7-5-12/h2-7,10-11H,8-9H2,1H3,(H,19,22)(H,20,21)/b15-11+. The molecule has 0 unspecified atom stereocenters. The topological polar surface area (TPSA) is 67.4 Å². The van der Waals surface area contributed by atoms with Crippen LogP contribution in [0, 0.1) is 0 Å². The number of benzene rings is 1. The second-order valence-corrected chi connectivity index (χ2v) is 6.20. The van der Waals surface area contributed by atoms with Gasteiger partial charge >= 0.3 is 0 Å². The van der Waals surface area contributed by atoms with E-state index in [-0.39, 0.29) is 17.5 Å².